The highest BCUT2D eigenvalue weighted by Gasteiger charge is 2.34. The van der Waals surface area contributed by atoms with Gasteiger partial charge < -0.3 is 5.11 Å². The van der Waals surface area contributed by atoms with Gasteiger partial charge in [-0.15, -0.1) is 11.3 Å². The molecule has 100 valence electrons. The normalized spacial score (nSPS) is 28.2. The quantitative estimate of drug-likeness (QED) is 0.877. The molecule has 18 heavy (non-hydrogen) atoms. The van der Waals surface area contributed by atoms with Gasteiger partial charge in [0, 0.05) is 9.35 Å². The van der Waals surface area contributed by atoms with Gasteiger partial charge in [0.1, 0.15) is 0 Å². The third-order valence-corrected chi connectivity index (χ3v) is 6.07. The van der Waals surface area contributed by atoms with Crippen LogP contribution in [0.15, 0.2) is 15.9 Å². The molecule has 0 radical (unpaired) electrons. The second-order valence-corrected chi connectivity index (χ2v) is 7.04. The van der Waals surface area contributed by atoms with Crippen LogP contribution in [0.4, 0.5) is 0 Å². The molecule has 1 aromatic rings. The molecule has 2 nitrogen and oxygen atoms in total. The van der Waals surface area contributed by atoms with E-state index in [0.717, 1.165) is 30.2 Å². The van der Waals surface area contributed by atoms with Gasteiger partial charge in [-0.05, 0) is 64.9 Å². The summed E-state index contributed by atoms with van der Waals surface area (Å²) in [5, 5.41) is 11.4. The molecule has 2 rings (SSSR count). The predicted molar refractivity (Wildman–Crippen MR) is 78.0 cm³/mol. The fraction of sp³-hybridized carbons (Fsp3) is 0.643. The molecule has 1 aliphatic carbocycles. The van der Waals surface area contributed by atoms with Gasteiger partial charge in [-0.1, -0.05) is 13.3 Å². The van der Waals surface area contributed by atoms with E-state index < -0.39 is 5.97 Å². The Morgan fingerprint density at radius 2 is 2.33 bits per heavy atom. The van der Waals surface area contributed by atoms with E-state index in [0.29, 0.717) is 11.8 Å². The van der Waals surface area contributed by atoms with Crippen LogP contribution in [0.1, 0.15) is 37.5 Å². The maximum Gasteiger partial charge on any atom is 0.306 e. The Kier molecular flexibility index (Phi) is 4.84. The van der Waals surface area contributed by atoms with E-state index in [-0.39, 0.29) is 5.92 Å². The third kappa shape index (κ3) is 3.15. The molecule has 4 heteroatoms. The lowest BCUT2D eigenvalue weighted by atomic mass is 9.72. The fourth-order valence-electron chi connectivity index (χ4n) is 2.99. The zero-order valence-corrected chi connectivity index (χ0v) is 13.0. The standard InChI is InChI=1S/C14H19BrO2S/c1-2-9-3-4-11(14(16)17)10(7-9)8-13-12(15)5-6-18-13/h5-6,9-11H,2-4,7-8H2,1H3,(H,16,17). The summed E-state index contributed by atoms with van der Waals surface area (Å²) in [5.74, 6) is 0.254. The SMILES string of the molecule is CCC1CCC(C(=O)O)C(Cc2sccc2Br)C1. The minimum absolute atomic E-state index is 0.151. The van der Waals surface area contributed by atoms with Crippen molar-refractivity contribution in [3.05, 3.63) is 20.8 Å². The van der Waals surface area contributed by atoms with E-state index in [9.17, 15) is 9.90 Å². The lowest BCUT2D eigenvalue weighted by molar-refractivity contribution is -0.145. The summed E-state index contributed by atoms with van der Waals surface area (Å²) in [4.78, 5) is 12.7. The fourth-order valence-corrected chi connectivity index (χ4v) is 4.60. The van der Waals surface area contributed by atoms with Crippen LogP contribution in [0.25, 0.3) is 0 Å². The molecule has 1 aliphatic rings. The number of carboxylic acids is 1. The lowest BCUT2D eigenvalue weighted by Crippen LogP contribution is -2.31. The van der Waals surface area contributed by atoms with Crippen LogP contribution in [0.3, 0.4) is 0 Å². The first-order valence-corrected chi connectivity index (χ1v) is 8.23. The molecule has 0 aliphatic heterocycles. The summed E-state index contributed by atoms with van der Waals surface area (Å²) in [6.07, 6.45) is 5.08. The van der Waals surface area contributed by atoms with Crippen molar-refractivity contribution in [2.24, 2.45) is 17.8 Å². The molecule has 0 aromatic carbocycles. The number of hydrogen-bond donors (Lipinski definition) is 1. The van der Waals surface area contributed by atoms with Gasteiger partial charge in [-0.25, -0.2) is 0 Å². The van der Waals surface area contributed by atoms with Crippen LogP contribution < -0.4 is 0 Å². The van der Waals surface area contributed by atoms with Crippen molar-refractivity contribution in [3.63, 3.8) is 0 Å². The number of halogens is 1. The molecule has 1 saturated carbocycles. The molecule has 1 fully saturated rings. The summed E-state index contributed by atoms with van der Waals surface area (Å²) in [7, 11) is 0. The van der Waals surface area contributed by atoms with Gasteiger partial charge in [-0.2, -0.15) is 0 Å². The van der Waals surface area contributed by atoms with Crippen LogP contribution >= 0.6 is 27.3 Å². The molecule has 1 aromatic heterocycles. The van der Waals surface area contributed by atoms with Crippen LogP contribution in [0, 0.1) is 17.8 Å². The monoisotopic (exact) mass is 330 g/mol. The van der Waals surface area contributed by atoms with Gasteiger partial charge in [0.2, 0.25) is 0 Å². The smallest absolute Gasteiger partial charge is 0.306 e. The van der Waals surface area contributed by atoms with Crippen molar-refractivity contribution in [2.75, 3.05) is 0 Å². The van der Waals surface area contributed by atoms with Gasteiger partial charge in [0.05, 0.1) is 5.92 Å². The Morgan fingerprint density at radius 1 is 1.56 bits per heavy atom. The van der Waals surface area contributed by atoms with Crippen molar-refractivity contribution < 1.29 is 9.90 Å². The van der Waals surface area contributed by atoms with Crippen LogP contribution in [0.5, 0.6) is 0 Å². The molecule has 3 atom stereocenters. The minimum Gasteiger partial charge on any atom is -0.481 e. The second-order valence-electron chi connectivity index (χ2n) is 5.19. The summed E-state index contributed by atoms with van der Waals surface area (Å²) in [6, 6.07) is 2.05. The van der Waals surface area contributed by atoms with Crippen molar-refractivity contribution in [1.82, 2.24) is 0 Å². The zero-order chi connectivity index (χ0) is 13.1. The van der Waals surface area contributed by atoms with Crippen molar-refractivity contribution in [1.29, 1.82) is 0 Å². The molecule has 3 unspecified atom stereocenters. The van der Waals surface area contributed by atoms with E-state index in [1.165, 1.54) is 11.3 Å². The Bertz CT molecular complexity index is 416. The first kappa shape index (κ1) is 14.1. The highest BCUT2D eigenvalue weighted by molar-refractivity contribution is 9.10. The van der Waals surface area contributed by atoms with Gasteiger partial charge >= 0.3 is 5.97 Å². The molecular weight excluding hydrogens is 312 g/mol. The molecule has 0 spiro atoms. The Morgan fingerprint density at radius 3 is 2.89 bits per heavy atom. The summed E-state index contributed by atoms with van der Waals surface area (Å²) in [6.45, 7) is 2.21. The van der Waals surface area contributed by atoms with Gasteiger partial charge in [0.25, 0.3) is 0 Å². The van der Waals surface area contributed by atoms with Crippen molar-refractivity contribution in [3.8, 4) is 0 Å². The number of hydrogen-bond acceptors (Lipinski definition) is 2. The first-order chi connectivity index (χ1) is 8.61. The van der Waals surface area contributed by atoms with E-state index in [1.54, 1.807) is 11.3 Å². The summed E-state index contributed by atoms with van der Waals surface area (Å²) in [5.41, 5.74) is 0. The number of aliphatic carboxylic acids is 1. The Balaban J connectivity index is 2.10. The maximum atomic E-state index is 11.4. The van der Waals surface area contributed by atoms with Gasteiger partial charge in [0.15, 0.2) is 0 Å². The van der Waals surface area contributed by atoms with Crippen LogP contribution in [-0.4, -0.2) is 11.1 Å². The largest absolute Gasteiger partial charge is 0.481 e. The van der Waals surface area contributed by atoms with Gasteiger partial charge in [-0.3, -0.25) is 4.79 Å². The topological polar surface area (TPSA) is 37.3 Å². The average molecular weight is 331 g/mol. The predicted octanol–water partition coefficient (Wildman–Crippen LogP) is 4.58. The second kappa shape index (κ2) is 6.20. The lowest BCUT2D eigenvalue weighted by Gasteiger charge is -2.33. The van der Waals surface area contributed by atoms with E-state index in [4.69, 9.17) is 0 Å². The Labute approximate surface area is 121 Å². The van der Waals surface area contributed by atoms with E-state index >= 15 is 0 Å². The number of carboxylic acid groups (broad SMARTS) is 1. The molecule has 1 N–H and O–H groups in total. The molecule has 1 heterocycles. The first-order valence-electron chi connectivity index (χ1n) is 6.56. The average Bonchev–Trinajstić information content (AvgIpc) is 2.74. The van der Waals surface area contributed by atoms with E-state index in [2.05, 4.69) is 34.3 Å². The third-order valence-electron chi connectivity index (χ3n) is 4.12. The van der Waals surface area contributed by atoms with Crippen LogP contribution in [0.2, 0.25) is 0 Å². The molecular formula is C14H19BrO2S. The van der Waals surface area contributed by atoms with Crippen LogP contribution in [-0.2, 0) is 11.2 Å². The maximum absolute atomic E-state index is 11.4. The van der Waals surface area contributed by atoms with E-state index in [1.807, 2.05) is 0 Å². The molecule has 0 amide bonds. The number of rotatable bonds is 4. The van der Waals surface area contributed by atoms with Crippen molar-refractivity contribution >= 4 is 33.2 Å². The molecule has 0 bridgehead atoms. The minimum atomic E-state index is -0.609. The highest BCUT2D eigenvalue weighted by Crippen LogP contribution is 2.39. The Hall–Kier alpha value is -0.350. The molecule has 0 saturated heterocycles. The number of carbonyl (C=O) groups is 1. The summed E-state index contributed by atoms with van der Waals surface area (Å²) < 4.78 is 1.13. The zero-order valence-electron chi connectivity index (χ0n) is 10.6. The number of thiophene rings is 1. The summed E-state index contributed by atoms with van der Waals surface area (Å²) >= 11 is 5.27. The van der Waals surface area contributed by atoms with Crippen molar-refractivity contribution in [2.45, 2.75) is 39.0 Å². The highest BCUT2D eigenvalue weighted by atomic mass is 79.9.